The molecule has 2 rings (SSSR count). The van der Waals surface area contributed by atoms with Crippen LogP contribution >= 0.6 is 9.12 Å². The lowest BCUT2D eigenvalue weighted by Gasteiger charge is -2.19. The zero-order valence-corrected chi connectivity index (χ0v) is 24.5. The molecule has 0 spiro atoms. The second-order valence-electron chi connectivity index (χ2n) is 8.96. The Morgan fingerprint density at radius 2 is 1.24 bits per heavy atom. The van der Waals surface area contributed by atoms with Crippen molar-refractivity contribution in [1.82, 2.24) is 0 Å². The van der Waals surface area contributed by atoms with Crippen LogP contribution in [0, 0.1) is 0 Å². The highest BCUT2D eigenvalue weighted by atomic mass is 31.0. The zero-order chi connectivity index (χ0) is 28.2. The Hall–Kier alpha value is -2.92. The SMILES string of the molecule is CCCCCCCCCCCCOC(=O)C(C(=O)c1c(OC)cc(OC)cc1OC)c1ccccc1.O=[PH2+]. The van der Waals surface area contributed by atoms with Gasteiger partial charge in [-0.2, -0.15) is 0 Å². The minimum Gasteiger partial charge on any atom is -0.496 e. The fourth-order valence-corrected chi connectivity index (χ4v) is 4.28. The van der Waals surface area contributed by atoms with Crippen LogP contribution < -0.4 is 14.2 Å². The Balaban J connectivity index is 0.00000352. The molecule has 0 saturated carbocycles. The third-order valence-corrected chi connectivity index (χ3v) is 6.33. The van der Waals surface area contributed by atoms with Crippen molar-refractivity contribution in [3.63, 3.8) is 0 Å². The molecule has 2 aromatic rings. The van der Waals surface area contributed by atoms with E-state index < -0.39 is 17.7 Å². The van der Waals surface area contributed by atoms with Crippen LogP contribution in [0.15, 0.2) is 42.5 Å². The number of carbonyl (C=O) groups is 2. The van der Waals surface area contributed by atoms with Crippen LogP contribution in [0.4, 0.5) is 0 Å². The lowest BCUT2D eigenvalue weighted by molar-refractivity contribution is -0.144. The van der Waals surface area contributed by atoms with Gasteiger partial charge in [0.1, 0.15) is 28.7 Å². The van der Waals surface area contributed by atoms with Crippen molar-refractivity contribution in [1.29, 1.82) is 0 Å². The molecular formula is C30H44O7P+. The summed E-state index contributed by atoms with van der Waals surface area (Å²) in [5.41, 5.74) is 0.751. The molecule has 8 heteroatoms. The van der Waals surface area contributed by atoms with Crippen molar-refractivity contribution < 1.29 is 33.1 Å². The van der Waals surface area contributed by atoms with E-state index in [1.165, 1.54) is 75.4 Å². The smallest absolute Gasteiger partial charge is 0.321 e. The number of carbonyl (C=O) groups excluding carboxylic acids is 2. The summed E-state index contributed by atoms with van der Waals surface area (Å²) >= 11 is 0. The van der Waals surface area contributed by atoms with Gasteiger partial charge >= 0.3 is 15.1 Å². The summed E-state index contributed by atoms with van der Waals surface area (Å²) in [6.07, 6.45) is 12.0. The molecule has 0 N–H and O–H groups in total. The van der Waals surface area contributed by atoms with Crippen LogP contribution in [-0.4, -0.2) is 39.7 Å². The maximum Gasteiger partial charge on any atom is 0.321 e. The van der Waals surface area contributed by atoms with Crippen molar-refractivity contribution in [2.45, 2.75) is 77.0 Å². The largest absolute Gasteiger partial charge is 0.496 e. The highest BCUT2D eigenvalue weighted by Crippen LogP contribution is 2.38. The standard InChI is InChI=1S/C30H42O6.H2OP/c1-5-6-7-8-9-10-11-12-13-17-20-36-30(32)27(23-18-15-14-16-19-23)29(31)28-25(34-3)21-24(33-2)22-26(28)35-4;1-2/h14-16,18-19,21-22,27H,5-13,17,20H2,1-4H3;2H2/q;+1. The minimum atomic E-state index is -1.12. The first-order chi connectivity index (χ1) is 18.6. The number of hydrogen-bond acceptors (Lipinski definition) is 7. The number of ketones is 1. The quantitative estimate of drug-likeness (QED) is 0.0634. The number of hydrogen-bond donors (Lipinski definition) is 0. The van der Waals surface area contributed by atoms with Crippen LogP contribution in [0.5, 0.6) is 17.2 Å². The Kier molecular flexibility index (Phi) is 17.5. The Labute approximate surface area is 229 Å². The number of rotatable bonds is 18. The monoisotopic (exact) mass is 547 g/mol. The molecular weight excluding hydrogens is 503 g/mol. The van der Waals surface area contributed by atoms with Gasteiger partial charge in [-0.1, -0.05) is 99.6 Å². The van der Waals surface area contributed by atoms with Gasteiger partial charge < -0.3 is 18.9 Å². The Morgan fingerprint density at radius 1 is 0.737 bits per heavy atom. The molecule has 0 heterocycles. The van der Waals surface area contributed by atoms with Gasteiger partial charge in [0, 0.05) is 12.1 Å². The van der Waals surface area contributed by atoms with Crippen LogP contribution in [0.3, 0.4) is 0 Å². The van der Waals surface area contributed by atoms with Crippen molar-refractivity contribution >= 4 is 20.9 Å². The van der Waals surface area contributed by atoms with Crippen LogP contribution in [-0.2, 0) is 14.1 Å². The van der Waals surface area contributed by atoms with Gasteiger partial charge in [-0.25, -0.2) is 0 Å². The maximum absolute atomic E-state index is 13.7. The average Bonchev–Trinajstić information content (AvgIpc) is 2.96. The molecule has 0 amide bonds. The lowest BCUT2D eigenvalue weighted by Crippen LogP contribution is -2.25. The highest BCUT2D eigenvalue weighted by Gasteiger charge is 2.35. The molecule has 2 aromatic carbocycles. The molecule has 210 valence electrons. The maximum atomic E-state index is 13.7. The van der Waals surface area contributed by atoms with Gasteiger partial charge in [-0.15, -0.1) is 0 Å². The fourth-order valence-electron chi connectivity index (χ4n) is 4.28. The van der Waals surface area contributed by atoms with E-state index >= 15 is 0 Å². The number of methoxy groups -OCH3 is 3. The van der Waals surface area contributed by atoms with E-state index in [0.717, 1.165) is 19.3 Å². The predicted molar refractivity (Wildman–Crippen MR) is 153 cm³/mol. The lowest BCUT2D eigenvalue weighted by atomic mass is 9.89. The van der Waals surface area contributed by atoms with Gasteiger partial charge in [0.2, 0.25) is 0 Å². The molecule has 2 atom stereocenters. The highest BCUT2D eigenvalue weighted by molar-refractivity contribution is 7.00. The van der Waals surface area contributed by atoms with Crippen LogP contribution in [0.2, 0.25) is 0 Å². The second-order valence-corrected chi connectivity index (χ2v) is 8.96. The van der Waals surface area contributed by atoms with Gasteiger partial charge in [-0.3, -0.25) is 9.59 Å². The van der Waals surface area contributed by atoms with Crippen LogP contribution in [0.25, 0.3) is 0 Å². The molecule has 0 bridgehead atoms. The zero-order valence-electron chi connectivity index (χ0n) is 23.3. The number of esters is 1. The molecule has 7 nitrogen and oxygen atoms in total. The van der Waals surface area contributed by atoms with E-state index in [2.05, 4.69) is 6.92 Å². The molecule has 0 aromatic heterocycles. The van der Waals surface area contributed by atoms with Crippen LogP contribution in [0.1, 0.15) is 93.0 Å². The molecule has 0 aliphatic rings. The summed E-state index contributed by atoms with van der Waals surface area (Å²) < 4.78 is 30.0. The first-order valence-corrected chi connectivity index (χ1v) is 13.8. The van der Waals surface area contributed by atoms with E-state index in [-0.39, 0.29) is 17.1 Å². The molecule has 38 heavy (non-hydrogen) atoms. The molecule has 0 aliphatic carbocycles. The molecule has 0 aliphatic heterocycles. The van der Waals surface area contributed by atoms with Gasteiger partial charge in [0.05, 0.1) is 27.9 Å². The molecule has 0 fully saturated rings. The summed E-state index contributed by atoms with van der Waals surface area (Å²) in [7, 11) is 5.62. The Bertz CT molecular complexity index is 924. The number of Topliss-reactive ketones (excluding diaryl/α,β-unsaturated/α-hetero) is 1. The molecule has 0 saturated heterocycles. The van der Waals surface area contributed by atoms with Gasteiger partial charge in [0.25, 0.3) is 0 Å². The third-order valence-electron chi connectivity index (χ3n) is 6.33. The van der Waals surface area contributed by atoms with Crippen molar-refractivity contribution in [3.05, 3.63) is 53.6 Å². The minimum absolute atomic E-state index is 0.186. The van der Waals surface area contributed by atoms with Gasteiger partial charge in [-0.05, 0) is 12.0 Å². The summed E-state index contributed by atoms with van der Waals surface area (Å²) in [5, 5.41) is 0. The topological polar surface area (TPSA) is 88.1 Å². The average molecular weight is 548 g/mol. The number of unbranched alkanes of at least 4 members (excludes halogenated alkanes) is 9. The summed E-state index contributed by atoms with van der Waals surface area (Å²) in [6, 6.07) is 12.2. The predicted octanol–water partition coefficient (Wildman–Crippen LogP) is 7.35. The Morgan fingerprint density at radius 3 is 1.71 bits per heavy atom. The van der Waals surface area contributed by atoms with Crippen molar-refractivity contribution in [2.24, 2.45) is 0 Å². The third kappa shape index (κ3) is 10.8. The van der Waals surface area contributed by atoms with E-state index in [1.54, 1.807) is 36.4 Å². The molecule has 2 unspecified atom stereocenters. The van der Waals surface area contributed by atoms with Crippen molar-refractivity contribution in [2.75, 3.05) is 27.9 Å². The van der Waals surface area contributed by atoms with Crippen molar-refractivity contribution in [3.8, 4) is 17.2 Å². The molecule has 0 radical (unpaired) electrons. The normalized spacial score (nSPS) is 11.1. The fraction of sp³-hybridized carbons (Fsp3) is 0.533. The van der Waals surface area contributed by atoms with E-state index in [0.29, 0.717) is 17.9 Å². The van der Waals surface area contributed by atoms with E-state index in [9.17, 15) is 9.59 Å². The van der Waals surface area contributed by atoms with Gasteiger partial charge in [0.15, 0.2) is 5.78 Å². The number of benzene rings is 2. The first-order valence-electron chi connectivity index (χ1n) is 13.4. The van der Waals surface area contributed by atoms with E-state index in [1.807, 2.05) is 6.07 Å². The summed E-state index contributed by atoms with van der Waals surface area (Å²) in [5.74, 6) is -1.09. The van der Waals surface area contributed by atoms with E-state index in [4.69, 9.17) is 23.5 Å². The number of ether oxygens (including phenoxy) is 4. The second kappa shape index (κ2) is 20.1. The summed E-state index contributed by atoms with van der Waals surface area (Å²) in [4.78, 5) is 26.9. The summed E-state index contributed by atoms with van der Waals surface area (Å²) in [6.45, 7) is 2.53. The first kappa shape index (κ1) is 33.1.